The van der Waals surface area contributed by atoms with Crippen molar-refractivity contribution in [2.24, 2.45) is 0 Å². The van der Waals surface area contributed by atoms with Crippen LogP contribution in [0.3, 0.4) is 0 Å². The molecule has 1 aromatic rings. The molecule has 0 N–H and O–H groups in total. The highest BCUT2D eigenvalue weighted by atomic mass is 16.5. The van der Waals surface area contributed by atoms with E-state index >= 15 is 0 Å². The summed E-state index contributed by atoms with van der Waals surface area (Å²) in [6.07, 6.45) is 3.50. The van der Waals surface area contributed by atoms with E-state index in [0.717, 1.165) is 23.4 Å². The molecule has 0 radical (unpaired) electrons. The van der Waals surface area contributed by atoms with Gasteiger partial charge in [0.1, 0.15) is 18.9 Å². The van der Waals surface area contributed by atoms with Crippen molar-refractivity contribution in [2.45, 2.75) is 19.9 Å². The van der Waals surface area contributed by atoms with E-state index in [9.17, 15) is 0 Å². The van der Waals surface area contributed by atoms with Crippen LogP contribution in [-0.2, 0) is 0 Å². The lowest BCUT2D eigenvalue weighted by Crippen LogP contribution is -2.48. The maximum Gasteiger partial charge on any atom is 0.137 e. The Bertz CT molecular complexity index is 283. The average Bonchev–Trinajstić information content (AvgIpc) is 2.19. The van der Waals surface area contributed by atoms with Crippen LogP contribution in [-0.4, -0.2) is 42.8 Å². The highest BCUT2D eigenvalue weighted by Crippen LogP contribution is 2.08. The van der Waals surface area contributed by atoms with Crippen molar-refractivity contribution in [2.75, 3.05) is 27.2 Å². The third-order valence-electron chi connectivity index (χ3n) is 2.97. The Morgan fingerprint density at radius 3 is 2.67 bits per heavy atom. The molecule has 0 bridgehead atoms. The molecular weight excluding hydrogens is 188 g/mol. The van der Waals surface area contributed by atoms with Crippen molar-refractivity contribution in [1.29, 1.82) is 0 Å². The van der Waals surface area contributed by atoms with Gasteiger partial charge in [-0.3, -0.25) is 4.98 Å². The van der Waals surface area contributed by atoms with Crippen LogP contribution in [0.2, 0.25) is 0 Å². The van der Waals surface area contributed by atoms with Crippen LogP contribution >= 0.6 is 0 Å². The predicted octanol–water partition coefficient (Wildman–Crippen LogP) is 1.95. The summed E-state index contributed by atoms with van der Waals surface area (Å²) in [6, 6.07) is 4.43. The molecule has 1 heterocycles. The maximum atomic E-state index is 5.61. The molecule has 3 nitrogen and oxygen atoms in total. The first-order chi connectivity index (χ1) is 7.02. The molecule has 0 saturated heterocycles. The third kappa shape index (κ3) is 3.88. The Labute approximate surface area is 92.3 Å². The van der Waals surface area contributed by atoms with Crippen LogP contribution < -0.4 is 4.74 Å². The Kier molecular flexibility index (Phi) is 4.09. The normalized spacial score (nSPS) is 11.8. The summed E-state index contributed by atoms with van der Waals surface area (Å²) in [4.78, 5) is 4.00. The second kappa shape index (κ2) is 5.12. The molecule has 0 atom stereocenters. The molecule has 0 aliphatic rings. The zero-order chi connectivity index (χ0) is 11.3. The quantitative estimate of drug-likeness (QED) is 0.691. The summed E-state index contributed by atoms with van der Waals surface area (Å²) in [5.41, 5.74) is 0. The molecule has 84 valence electrons. The number of rotatable bonds is 5. The van der Waals surface area contributed by atoms with Crippen molar-refractivity contribution in [3.8, 4) is 5.75 Å². The summed E-state index contributed by atoms with van der Waals surface area (Å²) in [5.74, 6) is 0.848. The first-order valence-electron chi connectivity index (χ1n) is 5.38. The van der Waals surface area contributed by atoms with Crippen LogP contribution in [0.5, 0.6) is 5.75 Å². The molecule has 1 rings (SSSR count). The number of quaternary nitrogens is 1. The monoisotopic (exact) mass is 209 g/mol. The Morgan fingerprint density at radius 2 is 2.13 bits per heavy atom. The van der Waals surface area contributed by atoms with Gasteiger partial charge in [-0.15, -0.1) is 0 Å². The number of pyridine rings is 1. The van der Waals surface area contributed by atoms with E-state index < -0.39 is 0 Å². The molecular formula is C12H21N2O+. The van der Waals surface area contributed by atoms with Gasteiger partial charge < -0.3 is 9.22 Å². The van der Waals surface area contributed by atoms with Crippen LogP contribution in [0.25, 0.3) is 0 Å². The lowest BCUT2D eigenvalue weighted by atomic mass is 10.3. The molecule has 1 aromatic heterocycles. The average molecular weight is 209 g/mol. The van der Waals surface area contributed by atoms with Crippen molar-refractivity contribution >= 4 is 0 Å². The molecule has 0 amide bonds. The lowest BCUT2D eigenvalue weighted by molar-refractivity contribution is -0.911. The highest BCUT2D eigenvalue weighted by molar-refractivity contribution is 5.15. The molecule has 0 unspecified atom stereocenters. The summed E-state index contributed by atoms with van der Waals surface area (Å²) < 4.78 is 6.59. The van der Waals surface area contributed by atoms with E-state index in [2.05, 4.69) is 32.9 Å². The van der Waals surface area contributed by atoms with Crippen molar-refractivity contribution in [3.05, 3.63) is 24.5 Å². The molecule has 15 heavy (non-hydrogen) atoms. The fourth-order valence-electron chi connectivity index (χ4n) is 1.09. The summed E-state index contributed by atoms with van der Waals surface area (Å²) in [5, 5.41) is 0. The first-order valence-corrected chi connectivity index (χ1v) is 5.38. The number of hydrogen-bond acceptors (Lipinski definition) is 2. The minimum Gasteiger partial charge on any atom is -0.486 e. The second-order valence-electron chi connectivity index (χ2n) is 4.63. The summed E-state index contributed by atoms with van der Waals surface area (Å²) in [7, 11) is 4.44. The van der Waals surface area contributed by atoms with Crippen LogP contribution in [0.15, 0.2) is 24.5 Å². The Morgan fingerprint density at radius 1 is 1.40 bits per heavy atom. The minimum absolute atomic E-state index is 0.613. The maximum absolute atomic E-state index is 5.61. The van der Waals surface area contributed by atoms with Crippen molar-refractivity contribution in [3.63, 3.8) is 0 Å². The largest absolute Gasteiger partial charge is 0.486 e. The predicted molar refractivity (Wildman–Crippen MR) is 61.8 cm³/mol. The molecule has 0 spiro atoms. The van der Waals surface area contributed by atoms with Gasteiger partial charge in [0.2, 0.25) is 0 Å². The van der Waals surface area contributed by atoms with Crippen LogP contribution in [0.4, 0.5) is 0 Å². The highest BCUT2D eigenvalue weighted by Gasteiger charge is 2.19. The standard InChI is InChI=1S/C12H21N2O/c1-11(2)14(3,4)8-9-15-12-6-5-7-13-10-12/h5-7,10-11H,8-9H2,1-4H3/q+1. The zero-order valence-electron chi connectivity index (χ0n) is 10.1. The molecule has 0 aliphatic heterocycles. The van der Waals surface area contributed by atoms with Gasteiger partial charge in [0.15, 0.2) is 0 Å². The first kappa shape index (κ1) is 12.0. The van der Waals surface area contributed by atoms with E-state index in [1.54, 1.807) is 12.4 Å². The van der Waals surface area contributed by atoms with Crippen molar-refractivity contribution in [1.82, 2.24) is 4.98 Å². The summed E-state index contributed by atoms with van der Waals surface area (Å²) >= 11 is 0. The fraction of sp³-hybridized carbons (Fsp3) is 0.583. The van der Waals surface area contributed by atoms with E-state index in [4.69, 9.17) is 4.74 Å². The smallest absolute Gasteiger partial charge is 0.137 e. The number of ether oxygens (including phenoxy) is 1. The number of nitrogens with zero attached hydrogens (tertiary/aromatic N) is 2. The van der Waals surface area contributed by atoms with Gasteiger partial charge >= 0.3 is 0 Å². The number of aromatic nitrogens is 1. The Hall–Kier alpha value is -1.09. The number of hydrogen-bond donors (Lipinski definition) is 0. The molecule has 0 aromatic carbocycles. The van der Waals surface area contributed by atoms with E-state index in [0.29, 0.717) is 6.04 Å². The topological polar surface area (TPSA) is 22.1 Å². The molecule has 0 saturated carbocycles. The third-order valence-corrected chi connectivity index (χ3v) is 2.97. The molecule has 0 fully saturated rings. The van der Waals surface area contributed by atoms with E-state index in [1.807, 2.05) is 12.1 Å². The van der Waals surface area contributed by atoms with Gasteiger partial charge in [-0.05, 0) is 26.0 Å². The Balaban J connectivity index is 2.34. The van der Waals surface area contributed by atoms with Gasteiger partial charge in [-0.2, -0.15) is 0 Å². The van der Waals surface area contributed by atoms with Crippen molar-refractivity contribution < 1.29 is 9.22 Å². The molecule has 3 heteroatoms. The number of likely N-dealkylation sites (N-methyl/N-ethyl adjacent to an activating group) is 1. The second-order valence-corrected chi connectivity index (χ2v) is 4.63. The van der Waals surface area contributed by atoms with E-state index in [-0.39, 0.29) is 0 Å². The van der Waals surface area contributed by atoms with Gasteiger partial charge in [-0.25, -0.2) is 0 Å². The van der Waals surface area contributed by atoms with Gasteiger partial charge in [-0.1, -0.05) is 0 Å². The van der Waals surface area contributed by atoms with Gasteiger partial charge in [0.05, 0.1) is 26.3 Å². The van der Waals surface area contributed by atoms with Crippen LogP contribution in [0.1, 0.15) is 13.8 Å². The van der Waals surface area contributed by atoms with Gasteiger partial charge in [0, 0.05) is 6.20 Å². The zero-order valence-corrected chi connectivity index (χ0v) is 10.1. The van der Waals surface area contributed by atoms with Gasteiger partial charge in [0.25, 0.3) is 0 Å². The summed E-state index contributed by atoms with van der Waals surface area (Å²) in [6.45, 7) is 6.19. The SMILES string of the molecule is CC(C)[N+](C)(C)CCOc1cccnc1. The molecule has 0 aliphatic carbocycles. The lowest BCUT2D eigenvalue weighted by Gasteiger charge is -2.33. The van der Waals surface area contributed by atoms with Crippen LogP contribution in [0, 0.1) is 0 Å². The fourth-order valence-corrected chi connectivity index (χ4v) is 1.09. The van der Waals surface area contributed by atoms with E-state index in [1.165, 1.54) is 0 Å². The minimum atomic E-state index is 0.613.